The zero-order valence-corrected chi connectivity index (χ0v) is 12.8. The maximum Gasteiger partial charge on any atom is 0.265 e. The molecule has 0 aliphatic heterocycles. The van der Waals surface area contributed by atoms with Crippen molar-refractivity contribution in [2.45, 2.75) is 38.2 Å². The van der Waals surface area contributed by atoms with Crippen molar-refractivity contribution >= 4 is 28.2 Å². The Hall–Kier alpha value is -1.34. The van der Waals surface area contributed by atoms with E-state index in [0.717, 1.165) is 32.2 Å². The Morgan fingerprint density at radius 2 is 2.30 bits per heavy atom. The fourth-order valence-corrected chi connectivity index (χ4v) is 2.97. The second-order valence-electron chi connectivity index (χ2n) is 5.08. The largest absolute Gasteiger partial charge is 0.382 e. The topological polar surface area (TPSA) is 89.3 Å². The lowest BCUT2D eigenvalue weighted by atomic mass is 9.80. The van der Waals surface area contributed by atoms with Crippen LogP contribution in [0.25, 0.3) is 0 Å². The monoisotopic (exact) mass is 298 g/mol. The maximum absolute atomic E-state index is 12.2. The fraction of sp³-hybridized carbons (Fsp3) is 0.692. The Balaban J connectivity index is 1.93. The summed E-state index contributed by atoms with van der Waals surface area (Å²) in [5.74, 6) is 0.110. The molecule has 0 radical (unpaired) electrons. The van der Waals surface area contributed by atoms with Gasteiger partial charge in [0.05, 0.1) is 5.60 Å². The highest BCUT2D eigenvalue weighted by molar-refractivity contribution is 7.18. The number of aromatic nitrogens is 1. The molecule has 1 aromatic rings. The standard InChI is InChI=1S/C13H22N4O2S/c1-3-7-15-12-17-10(14)9(20-12)11(18)16-8-13(19-2)5-4-6-13/h3-8,14H2,1-2H3,(H,15,17)(H,16,18). The van der Waals surface area contributed by atoms with Gasteiger partial charge in [0.25, 0.3) is 5.91 Å². The van der Waals surface area contributed by atoms with Gasteiger partial charge in [0.15, 0.2) is 5.13 Å². The molecule has 6 nitrogen and oxygen atoms in total. The molecule has 2 rings (SSSR count). The summed E-state index contributed by atoms with van der Waals surface area (Å²) in [6.07, 6.45) is 4.13. The smallest absolute Gasteiger partial charge is 0.265 e. The van der Waals surface area contributed by atoms with Gasteiger partial charge in [0, 0.05) is 20.2 Å². The van der Waals surface area contributed by atoms with Crippen molar-refractivity contribution in [3.63, 3.8) is 0 Å². The molecule has 7 heteroatoms. The molecule has 4 N–H and O–H groups in total. The second-order valence-corrected chi connectivity index (χ2v) is 6.08. The fourth-order valence-electron chi connectivity index (χ4n) is 2.15. The summed E-state index contributed by atoms with van der Waals surface area (Å²) in [7, 11) is 1.69. The third-order valence-electron chi connectivity index (χ3n) is 3.65. The van der Waals surface area contributed by atoms with Crippen LogP contribution in [-0.2, 0) is 4.74 Å². The normalized spacial score (nSPS) is 16.5. The summed E-state index contributed by atoms with van der Waals surface area (Å²) in [6, 6.07) is 0. The third-order valence-corrected chi connectivity index (χ3v) is 4.68. The second kappa shape index (κ2) is 6.41. The van der Waals surface area contributed by atoms with E-state index in [-0.39, 0.29) is 17.3 Å². The van der Waals surface area contributed by atoms with Gasteiger partial charge in [-0.05, 0) is 25.7 Å². The number of hydrogen-bond donors (Lipinski definition) is 3. The lowest BCUT2D eigenvalue weighted by Crippen LogP contribution is -2.49. The molecule has 0 aromatic carbocycles. The highest BCUT2D eigenvalue weighted by Crippen LogP contribution is 2.34. The van der Waals surface area contributed by atoms with Crippen LogP contribution in [0.3, 0.4) is 0 Å². The van der Waals surface area contributed by atoms with Crippen LogP contribution >= 0.6 is 11.3 Å². The summed E-state index contributed by atoms with van der Waals surface area (Å²) in [4.78, 5) is 16.8. The number of anilines is 2. The number of carbonyl (C=O) groups is 1. The number of ether oxygens (including phenoxy) is 1. The van der Waals surface area contributed by atoms with Crippen molar-refractivity contribution < 1.29 is 9.53 Å². The zero-order chi connectivity index (χ0) is 14.6. The molecule has 1 heterocycles. The van der Waals surface area contributed by atoms with Gasteiger partial charge in [-0.25, -0.2) is 4.98 Å². The van der Waals surface area contributed by atoms with Crippen LogP contribution in [0, 0.1) is 0 Å². The van der Waals surface area contributed by atoms with Gasteiger partial charge in [-0.1, -0.05) is 18.3 Å². The van der Waals surface area contributed by atoms with E-state index in [1.54, 1.807) is 7.11 Å². The van der Waals surface area contributed by atoms with Gasteiger partial charge in [0.2, 0.25) is 0 Å². The molecule has 0 bridgehead atoms. The number of nitrogens with zero attached hydrogens (tertiary/aromatic N) is 1. The van der Waals surface area contributed by atoms with Crippen molar-refractivity contribution in [3.05, 3.63) is 4.88 Å². The van der Waals surface area contributed by atoms with Gasteiger partial charge in [0.1, 0.15) is 10.7 Å². The molecule has 1 aliphatic rings. The van der Waals surface area contributed by atoms with Gasteiger partial charge >= 0.3 is 0 Å². The molecular formula is C13H22N4O2S. The Kier molecular flexibility index (Phi) is 4.82. The van der Waals surface area contributed by atoms with E-state index in [1.165, 1.54) is 11.3 Å². The van der Waals surface area contributed by atoms with E-state index in [9.17, 15) is 4.79 Å². The number of carbonyl (C=O) groups excluding carboxylic acids is 1. The molecule has 0 saturated heterocycles. The number of nitrogens with one attached hydrogen (secondary N) is 2. The first-order valence-corrected chi connectivity index (χ1v) is 7.75. The van der Waals surface area contributed by atoms with Crippen LogP contribution in [0.5, 0.6) is 0 Å². The van der Waals surface area contributed by atoms with Crippen LogP contribution in [-0.4, -0.2) is 36.7 Å². The molecule has 1 fully saturated rings. The lowest BCUT2D eigenvalue weighted by molar-refractivity contribution is -0.0679. The average Bonchev–Trinajstić information content (AvgIpc) is 2.76. The highest BCUT2D eigenvalue weighted by Gasteiger charge is 2.37. The molecule has 0 unspecified atom stereocenters. The van der Waals surface area contributed by atoms with Crippen LogP contribution in [0.2, 0.25) is 0 Å². The summed E-state index contributed by atoms with van der Waals surface area (Å²) in [5, 5.41) is 6.73. The maximum atomic E-state index is 12.2. The SMILES string of the molecule is CCCNc1nc(N)c(C(=O)NCC2(OC)CCC2)s1. The van der Waals surface area contributed by atoms with E-state index in [0.29, 0.717) is 16.6 Å². The number of rotatable bonds is 7. The van der Waals surface area contributed by atoms with E-state index < -0.39 is 0 Å². The average molecular weight is 298 g/mol. The number of nitrogen functional groups attached to an aromatic ring is 1. The van der Waals surface area contributed by atoms with Crippen LogP contribution in [0.15, 0.2) is 0 Å². The summed E-state index contributed by atoms with van der Waals surface area (Å²) < 4.78 is 5.48. The molecule has 1 aliphatic carbocycles. The minimum Gasteiger partial charge on any atom is -0.382 e. The van der Waals surface area contributed by atoms with E-state index in [2.05, 4.69) is 22.5 Å². The first-order valence-electron chi connectivity index (χ1n) is 6.94. The molecule has 20 heavy (non-hydrogen) atoms. The predicted octanol–water partition coefficient (Wildman–Crippen LogP) is 1.85. The molecule has 0 atom stereocenters. The molecule has 0 spiro atoms. The van der Waals surface area contributed by atoms with E-state index >= 15 is 0 Å². The predicted molar refractivity (Wildman–Crippen MR) is 81.2 cm³/mol. The first kappa shape index (κ1) is 15.1. The number of amides is 1. The summed E-state index contributed by atoms with van der Waals surface area (Å²) in [5.41, 5.74) is 5.62. The van der Waals surface area contributed by atoms with Gasteiger partial charge < -0.3 is 21.1 Å². The minimum absolute atomic E-state index is 0.173. The number of methoxy groups -OCH3 is 1. The third kappa shape index (κ3) is 3.21. The molecule has 112 valence electrons. The van der Waals surface area contributed by atoms with E-state index in [1.807, 2.05) is 0 Å². The molecule has 1 saturated carbocycles. The van der Waals surface area contributed by atoms with E-state index in [4.69, 9.17) is 10.5 Å². The zero-order valence-electron chi connectivity index (χ0n) is 12.0. The Labute approximate surface area is 123 Å². The van der Waals surface area contributed by atoms with Crippen molar-refractivity contribution in [2.75, 3.05) is 31.2 Å². The Bertz CT molecular complexity index is 465. The minimum atomic E-state index is -0.182. The van der Waals surface area contributed by atoms with Crippen LogP contribution in [0.4, 0.5) is 10.9 Å². The van der Waals surface area contributed by atoms with Gasteiger partial charge in [-0.15, -0.1) is 0 Å². The van der Waals surface area contributed by atoms with Crippen molar-refractivity contribution in [3.8, 4) is 0 Å². The van der Waals surface area contributed by atoms with Gasteiger partial charge in [-0.3, -0.25) is 4.79 Å². The molecular weight excluding hydrogens is 276 g/mol. The highest BCUT2D eigenvalue weighted by atomic mass is 32.1. The first-order chi connectivity index (χ1) is 9.60. The summed E-state index contributed by atoms with van der Waals surface area (Å²) in [6.45, 7) is 3.42. The van der Waals surface area contributed by atoms with Crippen molar-refractivity contribution in [1.29, 1.82) is 0 Å². The van der Waals surface area contributed by atoms with Crippen molar-refractivity contribution in [2.24, 2.45) is 0 Å². The Morgan fingerprint density at radius 3 is 2.85 bits per heavy atom. The molecule has 1 amide bonds. The van der Waals surface area contributed by atoms with Crippen LogP contribution < -0.4 is 16.4 Å². The lowest BCUT2D eigenvalue weighted by Gasteiger charge is -2.40. The van der Waals surface area contributed by atoms with Crippen molar-refractivity contribution in [1.82, 2.24) is 10.3 Å². The number of thiazole rings is 1. The molecule has 1 aromatic heterocycles. The van der Waals surface area contributed by atoms with Crippen LogP contribution in [0.1, 0.15) is 42.3 Å². The number of nitrogens with two attached hydrogens (primary N) is 1. The van der Waals surface area contributed by atoms with Gasteiger partial charge in [-0.2, -0.15) is 0 Å². The number of hydrogen-bond acceptors (Lipinski definition) is 6. The Morgan fingerprint density at radius 1 is 1.55 bits per heavy atom. The quantitative estimate of drug-likeness (QED) is 0.715. The summed E-state index contributed by atoms with van der Waals surface area (Å²) >= 11 is 1.29.